The van der Waals surface area contributed by atoms with Crippen LogP contribution >= 0.6 is 0 Å². The highest BCUT2D eigenvalue weighted by Gasteiger charge is 2.00. The van der Waals surface area contributed by atoms with E-state index in [-0.39, 0.29) is 0 Å². The summed E-state index contributed by atoms with van der Waals surface area (Å²) in [6.07, 6.45) is 34.6. The molecule has 0 bridgehead atoms. The van der Waals surface area contributed by atoms with Gasteiger partial charge in [-0.15, -0.1) is 0 Å². The molecule has 174 valence electrons. The highest BCUT2D eigenvalue weighted by Crippen LogP contribution is 2.20. The first-order chi connectivity index (χ1) is 14.8. The van der Waals surface area contributed by atoms with Crippen LogP contribution in [0.15, 0.2) is 23.8 Å². The van der Waals surface area contributed by atoms with Crippen LogP contribution in [0.5, 0.6) is 0 Å². The lowest BCUT2D eigenvalue weighted by Gasteiger charge is -2.09. The zero-order chi connectivity index (χ0) is 22.0. The Labute approximate surface area is 188 Å². The quantitative estimate of drug-likeness (QED) is 0.0677. The van der Waals surface area contributed by atoms with Crippen molar-refractivity contribution >= 4 is 12.6 Å². The summed E-state index contributed by atoms with van der Waals surface area (Å²) in [6, 6.07) is 0. The van der Waals surface area contributed by atoms with Gasteiger partial charge in [0.05, 0.1) is 0 Å². The van der Waals surface area contributed by atoms with E-state index in [1.807, 2.05) is 6.08 Å². The minimum Gasteiger partial charge on any atom is -0.303 e. The Bertz CT molecular complexity index is 422. The number of allylic oxidation sites excluding steroid dienone is 4. The Morgan fingerprint density at radius 2 is 1.07 bits per heavy atom. The summed E-state index contributed by atoms with van der Waals surface area (Å²) < 4.78 is 0. The fraction of sp³-hybridized carbons (Fsp3) is 0.786. The van der Waals surface area contributed by atoms with Crippen LogP contribution in [0.25, 0.3) is 0 Å². The maximum atomic E-state index is 10.4. The van der Waals surface area contributed by atoms with Crippen molar-refractivity contribution < 1.29 is 9.59 Å². The summed E-state index contributed by atoms with van der Waals surface area (Å²) >= 11 is 0. The van der Waals surface area contributed by atoms with E-state index in [0.717, 1.165) is 31.8 Å². The van der Waals surface area contributed by atoms with Crippen molar-refractivity contribution in [2.24, 2.45) is 0 Å². The number of hydrogen-bond acceptors (Lipinski definition) is 2. The second-order valence-electron chi connectivity index (χ2n) is 8.76. The summed E-state index contributed by atoms with van der Waals surface area (Å²) in [7, 11) is 0. The standard InChI is InChI=1S/C28H50O2/c1-2-3-4-18-23-28(25-20-15-13-17-22-27-30)24-19-14-11-9-7-5-6-8-10-12-16-21-26-29/h16,21,23,26-27H,2-15,17-20,22,24-25H2,1H3. The third-order valence-electron chi connectivity index (χ3n) is 5.89. The van der Waals surface area contributed by atoms with Gasteiger partial charge in [0.2, 0.25) is 0 Å². The Morgan fingerprint density at radius 3 is 1.60 bits per heavy atom. The first-order valence-corrected chi connectivity index (χ1v) is 13.1. The Kier molecular flexibility index (Phi) is 24.8. The molecule has 0 atom stereocenters. The Morgan fingerprint density at radius 1 is 0.567 bits per heavy atom. The van der Waals surface area contributed by atoms with E-state index in [0.29, 0.717) is 0 Å². The molecule has 0 aromatic heterocycles. The number of carbonyl (C=O) groups is 2. The van der Waals surface area contributed by atoms with Gasteiger partial charge in [-0.3, -0.25) is 4.79 Å². The van der Waals surface area contributed by atoms with E-state index in [1.54, 1.807) is 11.6 Å². The number of rotatable bonds is 24. The maximum absolute atomic E-state index is 10.4. The van der Waals surface area contributed by atoms with Crippen LogP contribution < -0.4 is 0 Å². The van der Waals surface area contributed by atoms with E-state index < -0.39 is 0 Å². The lowest BCUT2D eigenvalue weighted by Crippen LogP contribution is -1.89. The molecular weight excluding hydrogens is 368 g/mol. The van der Waals surface area contributed by atoms with E-state index in [1.165, 1.54) is 116 Å². The van der Waals surface area contributed by atoms with Gasteiger partial charge in [0, 0.05) is 6.42 Å². The van der Waals surface area contributed by atoms with Crippen molar-refractivity contribution in [3.8, 4) is 0 Å². The molecule has 0 aromatic carbocycles. The largest absolute Gasteiger partial charge is 0.303 e. The van der Waals surface area contributed by atoms with Crippen LogP contribution in [0, 0.1) is 0 Å². The molecule has 0 amide bonds. The molecule has 0 saturated heterocycles. The fourth-order valence-corrected chi connectivity index (χ4v) is 3.97. The lowest BCUT2D eigenvalue weighted by atomic mass is 9.98. The van der Waals surface area contributed by atoms with Gasteiger partial charge in [-0.1, -0.05) is 95.3 Å². The molecule has 0 N–H and O–H groups in total. The highest BCUT2D eigenvalue weighted by atomic mass is 16.1. The van der Waals surface area contributed by atoms with Gasteiger partial charge in [-0.05, 0) is 63.9 Å². The molecule has 0 rings (SSSR count). The van der Waals surface area contributed by atoms with Crippen molar-refractivity contribution in [1.29, 1.82) is 0 Å². The summed E-state index contributed by atoms with van der Waals surface area (Å²) in [6.45, 7) is 2.28. The second-order valence-corrected chi connectivity index (χ2v) is 8.76. The Hall–Kier alpha value is -1.18. The van der Waals surface area contributed by atoms with E-state index in [4.69, 9.17) is 0 Å². The molecule has 0 heterocycles. The predicted octanol–water partition coefficient (Wildman–Crippen LogP) is 9.08. The van der Waals surface area contributed by atoms with E-state index in [2.05, 4.69) is 13.0 Å². The molecule has 0 unspecified atom stereocenters. The molecule has 0 fully saturated rings. The number of hydrogen-bond donors (Lipinski definition) is 0. The normalized spacial score (nSPS) is 12.0. The average molecular weight is 419 g/mol. The minimum absolute atomic E-state index is 0.735. The van der Waals surface area contributed by atoms with Gasteiger partial charge >= 0.3 is 0 Å². The lowest BCUT2D eigenvalue weighted by molar-refractivity contribution is -0.108. The zero-order valence-electron chi connectivity index (χ0n) is 20.1. The maximum Gasteiger partial charge on any atom is 0.142 e. The number of unbranched alkanes of at least 4 members (excludes halogenated alkanes) is 16. The molecule has 2 heteroatoms. The molecule has 0 saturated carbocycles. The first kappa shape index (κ1) is 28.8. The molecule has 0 aliphatic rings. The van der Waals surface area contributed by atoms with Crippen molar-refractivity contribution in [3.63, 3.8) is 0 Å². The number of aldehydes is 2. The highest BCUT2D eigenvalue weighted by molar-refractivity contribution is 5.64. The summed E-state index contributed by atoms with van der Waals surface area (Å²) in [5, 5.41) is 0. The van der Waals surface area contributed by atoms with Crippen LogP contribution in [-0.4, -0.2) is 12.6 Å². The fourth-order valence-electron chi connectivity index (χ4n) is 3.97. The third-order valence-corrected chi connectivity index (χ3v) is 5.89. The zero-order valence-corrected chi connectivity index (χ0v) is 20.1. The van der Waals surface area contributed by atoms with Gasteiger partial charge in [-0.25, -0.2) is 0 Å². The first-order valence-electron chi connectivity index (χ1n) is 13.1. The molecule has 0 radical (unpaired) electrons. The summed E-state index contributed by atoms with van der Waals surface area (Å²) in [5.74, 6) is 0. The van der Waals surface area contributed by atoms with Gasteiger partial charge < -0.3 is 4.79 Å². The van der Waals surface area contributed by atoms with Gasteiger partial charge in [0.1, 0.15) is 12.6 Å². The van der Waals surface area contributed by atoms with E-state index in [9.17, 15) is 9.59 Å². The smallest absolute Gasteiger partial charge is 0.142 e. The Balaban J connectivity index is 3.73. The third kappa shape index (κ3) is 23.1. The molecule has 0 spiro atoms. The monoisotopic (exact) mass is 418 g/mol. The van der Waals surface area contributed by atoms with Gasteiger partial charge in [-0.2, -0.15) is 0 Å². The molecule has 2 nitrogen and oxygen atoms in total. The van der Waals surface area contributed by atoms with Crippen molar-refractivity contribution in [2.75, 3.05) is 0 Å². The van der Waals surface area contributed by atoms with Crippen molar-refractivity contribution in [2.45, 2.75) is 142 Å². The molecular formula is C28H50O2. The molecule has 0 aliphatic heterocycles. The molecule has 0 aliphatic carbocycles. The molecule has 0 aromatic rings. The SMILES string of the molecule is CCCCCC=C(CCCCCCC=O)CCCCCCCCCCCC=CC=O. The van der Waals surface area contributed by atoms with Crippen molar-refractivity contribution in [3.05, 3.63) is 23.8 Å². The summed E-state index contributed by atoms with van der Waals surface area (Å²) in [4.78, 5) is 20.6. The van der Waals surface area contributed by atoms with Crippen LogP contribution in [0.3, 0.4) is 0 Å². The van der Waals surface area contributed by atoms with Crippen LogP contribution in [-0.2, 0) is 9.59 Å². The van der Waals surface area contributed by atoms with Crippen LogP contribution in [0.1, 0.15) is 142 Å². The predicted molar refractivity (Wildman–Crippen MR) is 132 cm³/mol. The average Bonchev–Trinajstić information content (AvgIpc) is 2.76. The minimum atomic E-state index is 0.735. The van der Waals surface area contributed by atoms with Crippen molar-refractivity contribution in [1.82, 2.24) is 0 Å². The van der Waals surface area contributed by atoms with E-state index >= 15 is 0 Å². The van der Waals surface area contributed by atoms with Crippen LogP contribution in [0.4, 0.5) is 0 Å². The van der Waals surface area contributed by atoms with Gasteiger partial charge in [0.25, 0.3) is 0 Å². The summed E-state index contributed by atoms with van der Waals surface area (Å²) in [5.41, 5.74) is 1.70. The van der Waals surface area contributed by atoms with Crippen LogP contribution in [0.2, 0.25) is 0 Å². The van der Waals surface area contributed by atoms with Gasteiger partial charge in [0.15, 0.2) is 0 Å². The number of carbonyl (C=O) groups excluding carboxylic acids is 2. The molecule has 30 heavy (non-hydrogen) atoms. The topological polar surface area (TPSA) is 34.1 Å². The second kappa shape index (κ2) is 25.9.